The lowest BCUT2D eigenvalue weighted by Gasteiger charge is -2.20. The van der Waals surface area contributed by atoms with E-state index < -0.39 is 5.92 Å². The topological polar surface area (TPSA) is 67.9 Å². The molecular formula is C20H22N2O4. The Kier molecular flexibility index (Phi) is 5.11. The van der Waals surface area contributed by atoms with Gasteiger partial charge in [0.2, 0.25) is 11.8 Å². The van der Waals surface area contributed by atoms with Crippen LogP contribution in [0.3, 0.4) is 0 Å². The molecule has 0 unspecified atom stereocenters. The van der Waals surface area contributed by atoms with E-state index in [1.165, 1.54) is 0 Å². The second-order valence-corrected chi connectivity index (χ2v) is 6.25. The van der Waals surface area contributed by atoms with Crippen LogP contribution in [-0.4, -0.2) is 32.6 Å². The molecule has 1 aliphatic heterocycles. The second kappa shape index (κ2) is 7.47. The highest BCUT2D eigenvalue weighted by Crippen LogP contribution is 2.36. The summed E-state index contributed by atoms with van der Waals surface area (Å²) >= 11 is 0. The van der Waals surface area contributed by atoms with Crippen LogP contribution in [0.5, 0.6) is 11.5 Å². The van der Waals surface area contributed by atoms with Gasteiger partial charge in [0.15, 0.2) is 0 Å². The maximum Gasteiger partial charge on any atom is 0.229 e. The molecule has 1 heterocycles. The van der Waals surface area contributed by atoms with Gasteiger partial charge in [0.25, 0.3) is 0 Å². The predicted octanol–water partition coefficient (Wildman–Crippen LogP) is 3.00. The predicted molar refractivity (Wildman–Crippen MR) is 99.8 cm³/mol. The fourth-order valence-electron chi connectivity index (χ4n) is 3.07. The van der Waals surface area contributed by atoms with Crippen molar-refractivity contribution in [2.75, 3.05) is 31.0 Å². The summed E-state index contributed by atoms with van der Waals surface area (Å²) in [5, 5.41) is 2.92. The van der Waals surface area contributed by atoms with Crippen LogP contribution in [0.1, 0.15) is 12.0 Å². The van der Waals surface area contributed by atoms with Crippen LogP contribution in [-0.2, 0) is 9.59 Å². The summed E-state index contributed by atoms with van der Waals surface area (Å²) in [4.78, 5) is 26.7. The Balaban J connectivity index is 1.79. The molecule has 3 rings (SSSR count). The van der Waals surface area contributed by atoms with Crippen molar-refractivity contribution in [2.45, 2.75) is 13.3 Å². The zero-order chi connectivity index (χ0) is 18.7. The average Bonchev–Trinajstić information content (AvgIpc) is 3.04. The number of carbonyl (C=O) groups excluding carboxylic acids is 2. The molecule has 2 aromatic rings. The van der Waals surface area contributed by atoms with Crippen molar-refractivity contribution >= 4 is 23.2 Å². The first-order chi connectivity index (χ1) is 12.5. The SMILES string of the molecule is COc1ccc(OC)c(N2C[C@@H](C(=O)Nc3ccccc3C)CC2=O)c1. The first kappa shape index (κ1) is 17.8. The molecule has 0 saturated carbocycles. The standard InChI is InChI=1S/C20H22N2O4/c1-13-6-4-5-7-16(13)21-20(24)14-10-19(23)22(12-14)17-11-15(25-2)8-9-18(17)26-3/h4-9,11,14H,10,12H2,1-3H3,(H,21,24)/t14-/m0/s1. The number of aryl methyl sites for hydroxylation is 1. The smallest absolute Gasteiger partial charge is 0.229 e. The molecule has 0 bridgehead atoms. The third-order valence-electron chi connectivity index (χ3n) is 4.58. The number of para-hydroxylation sites is 1. The number of ether oxygens (including phenoxy) is 2. The lowest BCUT2D eigenvalue weighted by Crippen LogP contribution is -2.28. The van der Waals surface area contributed by atoms with Crippen LogP contribution in [0, 0.1) is 12.8 Å². The molecule has 0 spiro atoms. The molecule has 0 aliphatic carbocycles. The quantitative estimate of drug-likeness (QED) is 0.896. The molecule has 6 nitrogen and oxygen atoms in total. The monoisotopic (exact) mass is 354 g/mol. The van der Waals surface area contributed by atoms with Gasteiger partial charge < -0.3 is 19.7 Å². The van der Waals surface area contributed by atoms with E-state index in [-0.39, 0.29) is 18.2 Å². The van der Waals surface area contributed by atoms with Gasteiger partial charge in [0.1, 0.15) is 11.5 Å². The molecule has 2 amide bonds. The summed E-state index contributed by atoms with van der Waals surface area (Å²) in [6, 6.07) is 12.8. The van der Waals surface area contributed by atoms with Gasteiger partial charge in [0, 0.05) is 24.7 Å². The number of benzene rings is 2. The molecule has 1 saturated heterocycles. The van der Waals surface area contributed by atoms with Gasteiger partial charge in [-0.05, 0) is 30.7 Å². The summed E-state index contributed by atoms with van der Waals surface area (Å²) in [6.45, 7) is 2.24. The van der Waals surface area contributed by atoms with Crippen LogP contribution in [0.2, 0.25) is 0 Å². The van der Waals surface area contributed by atoms with Gasteiger partial charge in [-0.1, -0.05) is 18.2 Å². The first-order valence-electron chi connectivity index (χ1n) is 8.42. The molecule has 0 radical (unpaired) electrons. The fourth-order valence-corrected chi connectivity index (χ4v) is 3.07. The van der Waals surface area contributed by atoms with Crippen molar-refractivity contribution in [1.29, 1.82) is 0 Å². The third kappa shape index (κ3) is 3.49. The largest absolute Gasteiger partial charge is 0.497 e. The van der Waals surface area contributed by atoms with Gasteiger partial charge in [-0.15, -0.1) is 0 Å². The summed E-state index contributed by atoms with van der Waals surface area (Å²) in [7, 11) is 3.12. The van der Waals surface area contributed by atoms with Gasteiger partial charge in [-0.2, -0.15) is 0 Å². The Morgan fingerprint density at radius 3 is 2.62 bits per heavy atom. The van der Waals surface area contributed by atoms with Gasteiger partial charge in [0.05, 0.1) is 25.8 Å². The number of rotatable bonds is 5. The number of carbonyl (C=O) groups is 2. The Hall–Kier alpha value is -3.02. The maximum absolute atomic E-state index is 12.6. The van der Waals surface area contributed by atoms with Crippen LogP contribution < -0.4 is 19.7 Å². The zero-order valence-corrected chi connectivity index (χ0v) is 15.1. The minimum absolute atomic E-state index is 0.110. The van der Waals surface area contributed by atoms with E-state index in [0.717, 1.165) is 11.3 Å². The number of hydrogen-bond donors (Lipinski definition) is 1. The molecule has 1 aliphatic rings. The van der Waals surface area contributed by atoms with Crippen molar-refractivity contribution in [2.24, 2.45) is 5.92 Å². The molecule has 136 valence electrons. The molecule has 1 atom stereocenters. The van der Waals surface area contributed by atoms with Crippen LogP contribution in [0.15, 0.2) is 42.5 Å². The molecular weight excluding hydrogens is 332 g/mol. The number of hydrogen-bond acceptors (Lipinski definition) is 4. The van der Waals surface area contributed by atoms with Crippen molar-refractivity contribution in [3.8, 4) is 11.5 Å². The minimum Gasteiger partial charge on any atom is -0.497 e. The number of amides is 2. The highest BCUT2D eigenvalue weighted by atomic mass is 16.5. The highest BCUT2D eigenvalue weighted by Gasteiger charge is 2.36. The number of methoxy groups -OCH3 is 2. The minimum atomic E-state index is -0.419. The maximum atomic E-state index is 12.6. The lowest BCUT2D eigenvalue weighted by molar-refractivity contribution is -0.122. The fraction of sp³-hybridized carbons (Fsp3) is 0.300. The first-order valence-corrected chi connectivity index (χ1v) is 8.42. The molecule has 6 heteroatoms. The number of nitrogens with zero attached hydrogens (tertiary/aromatic N) is 1. The van der Waals surface area contributed by atoms with E-state index in [4.69, 9.17) is 9.47 Å². The number of nitrogens with one attached hydrogen (secondary N) is 1. The van der Waals surface area contributed by atoms with E-state index in [9.17, 15) is 9.59 Å². The molecule has 0 aromatic heterocycles. The van der Waals surface area contributed by atoms with Crippen LogP contribution in [0.25, 0.3) is 0 Å². The van der Waals surface area contributed by atoms with Gasteiger partial charge in [-0.3, -0.25) is 9.59 Å². The van der Waals surface area contributed by atoms with Crippen LogP contribution >= 0.6 is 0 Å². The number of anilines is 2. The Morgan fingerprint density at radius 1 is 1.15 bits per heavy atom. The van der Waals surface area contributed by atoms with Gasteiger partial charge in [-0.25, -0.2) is 0 Å². The second-order valence-electron chi connectivity index (χ2n) is 6.25. The summed E-state index contributed by atoms with van der Waals surface area (Å²) in [5.41, 5.74) is 2.36. The normalized spacial score (nSPS) is 16.5. The summed E-state index contributed by atoms with van der Waals surface area (Å²) < 4.78 is 10.6. The van der Waals surface area contributed by atoms with Crippen molar-refractivity contribution < 1.29 is 19.1 Å². The lowest BCUT2D eigenvalue weighted by atomic mass is 10.1. The van der Waals surface area contributed by atoms with E-state index in [1.54, 1.807) is 37.3 Å². The summed E-state index contributed by atoms with van der Waals surface area (Å²) in [5.74, 6) is 0.511. The van der Waals surface area contributed by atoms with Crippen molar-refractivity contribution in [3.05, 3.63) is 48.0 Å². The van der Waals surface area contributed by atoms with E-state index in [2.05, 4.69) is 5.32 Å². The van der Waals surface area contributed by atoms with Gasteiger partial charge >= 0.3 is 0 Å². The molecule has 1 fully saturated rings. The highest BCUT2D eigenvalue weighted by molar-refractivity contribution is 6.04. The van der Waals surface area contributed by atoms with E-state index in [1.807, 2.05) is 31.2 Å². The van der Waals surface area contributed by atoms with Crippen molar-refractivity contribution in [1.82, 2.24) is 0 Å². The van der Waals surface area contributed by atoms with Crippen LogP contribution in [0.4, 0.5) is 11.4 Å². The molecule has 2 aromatic carbocycles. The average molecular weight is 354 g/mol. The Bertz CT molecular complexity index is 834. The molecule has 1 N–H and O–H groups in total. The van der Waals surface area contributed by atoms with E-state index >= 15 is 0 Å². The van der Waals surface area contributed by atoms with E-state index in [0.29, 0.717) is 23.7 Å². The van der Waals surface area contributed by atoms with Crippen molar-refractivity contribution in [3.63, 3.8) is 0 Å². The Morgan fingerprint density at radius 2 is 1.92 bits per heavy atom. The third-order valence-corrected chi connectivity index (χ3v) is 4.58. The summed E-state index contributed by atoms with van der Waals surface area (Å²) in [6.07, 6.45) is 0.165. The Labute approximate surface area is 152 Å². The molecule has 26 heavy (non-hydrogen) atoms. The zero-order valence-electron chi connectivity index (χ0n) is 15.1.